The Balaban J connectivity index is 0.00000289. The molecule has 0 fully saturated rings. The average molecular weight is 275 g/mol. The molecule has 0 unspecified atom stereocenters. The quantitative estimate of drug-likeness (QED) is 0.449. The highest BCUT2D eigenvalue weighted by atomic mass is 35.5. The summed E-state index contributed by atoms with van der Waals surface area (Å²) < 4.78 is 5.21. The van der Waals surface area contributed by atoms with Gasteiger partial charge in [-0.25, -0.2) is 0 Å². The summed E-state index contributed by atoms with van der Waals surface area (Å²) in [5.74, 6) is 0. The molecule has 0 heterocycles. The number of nitro benzene ring substituents is 1. The largest absolute Gasteiger partial charge is 0.382 e. The second kappa shape index (κ2) is 9.82. The van der Waals surface area contributed by atoms with Crippen LogP contribution in [0.2, 0.25) is 0 Å². The van der Waals surface area contributed by atoms with Crippen molar-refractivity contribution >= 4 is 18.1 Å². The summed E-state index contributed by atoms with van der Waals surface area (Å²) in [7, 11) is 0. The Labute approximate surface area is 113 Å². The maximum absolute atomic E-state index is 10.6. The molecule has 0 aromatic heterocycles. The van der Waals surface area contributed by atoms with Crippen LogP contribution in [0, 0.1) is 10.1 Å². The van der Waals surface area contributed by atoms with Gasteiger partial charge >= 0.3 is 0 Å². The molecular weight excluding hydrogens is 256 g/mol. The van der Waals surface area contributed by atoms with Crippen molar-refractivity contribution in [2.45, 2.75) is 19.9 Å². The van der Waals surface area contributed by atoms with Crippen LogP contribution in [0.4, 0.5) is 5.69 Å². The Hall–Kier alpha value is -1.17. The predicted octanol–water partition coefficient (Wildman–Crippen LogP) is 2.53. The smallest absolute Gasteiger partial charge is 0.269 e. The molecule has 6 heteroatoms. The minimum Gasteiger partial charge on any atom is -0.382 e. The van der Waals surface area contributed by atoms with E-state index in [2.05, 4.69) is 5.32 Å². The third-order valence-corrected chi connectivity index (χ3v) is 2.30. The van der Waals surface area contributed by atoms with Crippen molar-refractivity contribution in [2.24, 2.45) is 0 Å². The van der Waals surface area contributed by atoms with E-state index in [1.165, 1.54) is 6.07 Å². The SMILES string of the molecule is CCOCCCNCc1cccc([N+](=O)[O-])c1.Cl. The molecule has 0 spiro atoms. The number of hydrogen-bond donors (Lipinski definition) is 1. The lowest BCUT2D eigenvalue weighted by Crippen LogP contribution is -2.16. The summed E-state index contributed by atoms with van der Waals surface area (Å²) in [5.41, 5.74) is 1.06. The first-order chi connectivity index (χ1) is 8.24. The van der Waals surface area contributed by atoms with Crippen molar-refractivity contribution in [1.82, 2.24) is 5.32 Å². The lowest BCUT2D eigenvalue weighted by atomic mass is 10.2. The molecule has 1 aromatic carbocycles. The number of halogens is 1. The number of nitrogens with zero attached hydrogens (tertiary/aromatic N) is 1. The average Bonchev–Trinajstić information content (AvgIpc) is 2.34. The molecule has 0 amide bonds. The Morgan fingerprint density at radius 1 is 1.44 bits per heavy atom. The number of nitrogens with one attached hydrogen (secondary N) is 1. The second-order valence-electron chi connectivity index (χ2n) is 3.65. The zero-order valence-corrected chi connectivity index (χ0v) is 11.2. The van der Waals surface area contributed by atoms with Crippen LogP contribution >= 0.6 is 12.4 Å². The topological polar surface area (TPSA) is 64.4 Å². The van der Waals surface area contributed by atoms with Gasteiger partial charge in [0.2, 0.25) is 0 Å². The minimum absolute atomic E-state index is 0. The van der Waals surface area contributed by atoms with Crippen molar-refractivity contribution in [3.8, 4) is 0 Å². The van der Waals surface area contributed by atoms with Crippen molar-refractivity contribution in [2.75, 3.05) is 19.8 Å². The molecule has 0 saturated heterocycles. The Morgan fingerprint density at radius 2 is 2.22 bits per heavy atom. The maximum atomic E-state index is 10.6. The standard InChI is InChI=1S/C12H18N2O3.ClH/c1-2-17-8-4-7-13-10-11-5-3-6-12(9-11)14(15)16;/h3,5-6,9,13H,2,4,7-8,10H2,1H3;1H. The van der Waals surface area contributed by atoms with Gasteiger partial charge in [0.25, 0.3) is 5.69 Å². The highest BCUT2D eigenvalue weighted by Gasteiger charge is 2.04. The number of hydrogen-bond acceptors (Lipinski definition) is 4. The fourth-order valence-corrected chi connectivity index (χ4v) is 1.46. The first kappa shape index (κ1) is 16.8. The number of nitro groups is 1. The molecule has 0 atom stereocenters. The van der Waals surface area contributed by atoms with Crippen LogP contribution in [0.5, 0.6) is 0 Å². The summed E-state index contributed by atoms with van der Waals surface area (Å²) in [6, 6.07) is 6.67. The van der Waals surface area contributed by atoms with Crippen molar-refractivity contribution in [1.29, 1.82) is 0 Å². The van der Waals surface area contributed by atoms with Crippen molar-refractivity contribution < 1.29 is 9.66 Å². The zero-order valence-electron chi connectivity index (χ0n) is 10.4. The Kier molecular flexibility index (Phi) is 9.18. The molecule has 0 bridgehead atoms. The van der Waals surface area contributed by atoms with Crippen LogP contribution in [0.25, 0.3) is 0 Å². The monoisotopic (exact) mass is 274 g/mol. The Bertz CT molecular complexity index is 361. The van der Waals surface area contributed by atoms with Gasteiger partial charge in [0, 0.05) is 31.9 Å². The van der Waals surface area contributed by atoms with Crippen LogP contribution in [-0.2, 0) is 11.3 Å². The number of rotatable bonds is 8. The molecule has 18 heavy (non-hydrogen) atoms. The van der Waals surface area contributed by atoms with Crippen LogP contribution in [0.15, 0.2) is 24.3 Å². The lowest BCUT2D eigenvalue weighted by molar-refractivity contribution is -0.384. The minimum atomic E-state index is -0.376. The van der Waals surface area contributed by atoms with E-state index in [9.17, 15) is 10.1 Å². The molecule has 0 aliphatic carbocycles. The molecular formula is C12H19ClN2O3. The van der Waals surface area contributed by atoms with Gasteiger partial charge in [0.15, 0.2) is 0 Å². The molecule has 0 radical (unpaired) electrons. The molecule has 1 aromatic rings. The van der Waals surface area contributed by atoms with E-state index in [1.54, 1.807) is 12.1 Å². The Morgan fingerprint density at radius 3 is 2.89 bits per heavy atom. The third kappa shape index (κ3) is 6.54. The summed E-state index contributed by atoms with van der Waals surface area (Å²) in [5, 5.41) is 13.8. The van der Waals surface area contributed by atoms with E-state index >= 15 is 0 Å². The van der Waals surface area contributed by atoms with Gasteiger partial charge in [-0.3, -0.25) is 10.1 Å². The first-order valence-electron chi connectivity index (χ1n) is 5.76. The fourth-order valence-electron chi connectivity index (χ4n) is 1.46. The maximum Gasteiger partial charge on any atom is 0.269 e. The van der Waals surface area contributed by atoms with Crippen LogP contribution in [-0.4, -0.2) is 24.7 Å². The van der Waals surface area contributed by atoms with Crippen molar-refractivity contribution in [3.63, 3.8) is 0 Å². The van der Waals surface area contributed by atoms with E-state index in [0.717, 1.165) is 31.7 Å². The van der Waals surface area contributed by atoms with E-state index in [0.29, 0.717) is 6.54 Å². The third-order valence-electron chi connectivity index (χ3n) is 2.30. The number of ether oxygens (including phenoxy) is 1. The van der Waals surface area contributed by atoms with Gasteiger partial charge in [0.1, 0.15) is 0 Å². The van der Waals surface area contributed by atoms with Gasteiger partial charge in [-0.15, -0.1) is 12.4 Å². The fraction of sp³-hybridized carbons (Fsp3) is 0.500. The van der Waals surface area contributed by atoms with Gasteiger partial charge in [-0.05, 0) is 25.5 Å². The number of benzene rings is 1. The molecule has 1 N–H and O–H groups in total. The van der Waals surface area contributed by atoms with Gasteiger partial charge < -0.3 is 10.1 Å². The first-order valence-corrected chi connectivity index (χ1v) is 5.76. The molecule has 0 aliphatic rings. The van der Waals surface area contributed by atoms with E-state index in [1.807, 2.05) is 13.0 Å². The normalized spacial score (nSPS) is 9.83. The van der Waals surface area contributed by atoms with Crippen LogP contribution < -0.4 is 5.32 Å². The van der Waals surface area contributed by atoms with Gasteiger partial charge in [0.05, 0.1) is 4.92 Å². The lowest BCUT2D eigenvalue weighted by Gasteiger charge is -2.05. The van der Waals surface area contributed by atoms with Gasteiger partial charge in [-0.1, -0.05) is 12.1 Å². The molecule has 0 saturated carbocycles. The summed E-state index contributed by atoms with van der Waals surface area (Å²) in [4.78, 5) is 10.2. The highest BCUT2D eigenvalue weighted by Crippen LogP contribution is 2.12. The number of non-ortho nitro benzene ring substituents is 1. The summed E-state index contributed by atoms with van der Waals surface area (Å²) >= 11 is 0. The van der Waals surface area contributed by atoms with Crippen LogP contribution in [0.3, 0.4) is 0 Å². The molecule has 1 rings (SSSR count). The summed E-state index contributed by atoms with van der Waals surface area (Å²) in [6.45, 7) is 4.95. The summed E-state index contributed by atoms with van der Waals surface area (Å²) in [6.07, 6.45) is 0.947. The van der Waals surface area contributed by atoms with E-state index in [4.69, 9.17) is 4.74 Å². The highest BCUT2D eigenvalue weighted by molar-refractivity contribution is 5.85. The molecule has 0 aliphatic heterocycles. The van der Waals surface area contributed by atoms with Gasteiger partial charge in [-0.2, -0.15) is 0 Å². The van der Waals surface area contributed by atoms with E-state index in [-0.39, 0.29) is 23.0 Å². The van der Waals surface area contributed by atoms with E-state index < -0.39 is 0 Å². The molecule has 102 valence electrons. The predicted molar refractivity (Wildman–Crippen MR) is 73.2 cm³/mol. The second-order valence-corrected chi connectivity index (χ2v) is 3.65. The van der Waals surface area contributed by atoms with Crippen molar-refractivity contribution in [3.05, 3.63) is 39.9 Å². The van der Waals surface area contributed by atoms with Crippen LogP contribution in [0.1, 0.15) is 18.9 Å². The zero-order chi connectivity index (χ0) is 12.5. The molecule has 5 nitrogen and oxygen atoms in total.